The van der Waals surface area contributed by atoms with Crippen LogP contribution in [-0.2, 0) is 9.53 Å². The van der Waals surface area contributed by atoms with Crippen molar-refractivity contribution < 1.29 is 9.53 Å². The maximum Gasteiger partial charge on any atom is 0.232 e. The highest BCUT2D eigenvalue weighted by atomic mass is 16.5. The molecule has 1 amide bonds. The van der Waals surface area contributed by atoms with Crippen LogP contribution in [0.4, 0.5) is 5.69 Å². The highest BCUT2D eigenvalue weighted by molar-refractivity contribution is 5.83. The lowest BCUT2D eigenvalue weighted by molar-refractivity contribution is -0.134. The van der Waals surface area contributed by atoms with Gasteiger partial charge in [-0.25, -0.2) is 0 Å². The summed E-state index contributed by atoms with van der Waals surface area (Å²) >= 11 is 0. The van der Waals surface area contributed by atoms with Crippen molar-refractivity contribution in [1.29, 1.82) is 0 Å². The lowest BCUT2D eigenvalue weighted by Gasteiger charge is -2.46. The van der Waals surface area contributed by atoms with Gasteiger partial charge >= 0.3 is 0 Å². The van der Waals surface area contributed by atoms with Crippen LogP contribution in [0.2, 0.25) is 0 Å². The molecule has 0 aliphatic carbocycles. The number of piperidine rings is 2. The van der Waals surface area contributed by atoms with Gasteiger partial charge in [-0.2, -0.15) is 0 Å². The first-order chi connectivity index (χ1) is 10.3. The van der Waals surface area contributed by atoms with E-state index in [9.17, 15) is 4.79 Å². The summed E-state index contributed by atoms with van der Waals surface area (Å²) in [5.74, 6) is 0.116. The van der Waals surface area contributed by atoms with E-state index in [1.165, 1.54) is 0 Å². The maximum absolute atomic E-state index is 12.1. The Morgan fingerprint density at radius 2 is 2.10 bits per heavy atom. The van der Waals surface area contributed by atoms with Crippen LogP contribution in [0, 0.1) is 11.8 Å². The van der Waals surface area contributed by atoms with Crippen molar-refractivity contribution in [2.24, 2.45) is 11.8 Å². The van der Waals surface area contributed by atoms with E-state index < -0.39 is 0 Å². The van der Waals surface area contributed by atoms with Crippen molar-refractivity contribution in [3.63, 3.8) is 0 Å². The average molecular weight is 285 g/mol. The summed E-state index contributed by atoms with van der Waals surface area (Å²) < 4.78 is 5.74. The van der Waals surface area contributed by atoms with E-state index in [0.29, 0.717) is 0 Å². The lowest BCUT2D eigenvalue weighted by Crippen LogP contribution is -2.68. The molecule has 5 atom stereocenters. The topological polar surface area (TPSA) is 62.4 Å². The zero-order chi connectivity index (χ0) is 14.2. The monoisotopic (exact) mass is 285 g/mol. The molecule has 3 aliphatic heterocycles. The van der Waals surface area contributed by atoms with Crippen molar-refractivity contribution in [1.82, 2.24) is 10.6 Å². The Morgan fingerprint density at radius 3 is 2.95 bits per heavy atom. The van der Waals surface area contributed by atoms with Crippen LogP contribution in [0.1, 0.15) is 6.42 Å². The van der Waals surface area contributed by atoms with Gasteiger partial charge in [0.2, 0.25) is 5.91 Å². The highest BCUT2D eigenvalue weighted by Crippen LogP contribution is 2.35. The molecule has 1 aromatic rings. The molecule has 2 saturated heterocycles. The summed E-state index contributed by atoms with van der Waals surface area (Å²) in [4.78, 5) is 12.1. The molecule has 5 nitrogen and oxygen atoms in total. The van der Waals surface area contributed by atoms with E-state index in [1.807, 2.05) is 24.3 Å². The normalized spacial score (nSPS) is 37.1. The SMILES string of the molecule is O=C1NC2NCCC(Nc3ccccc3)C2C2OC=CC12. The number of rotatable bonds is 2. The zero-order valence-corrected chi connectivity index (χ0v) is 11.7. The van der Waals surface area contributed by atoms with Crippen LogP contribution < -0.4 is 16.0 Å². The van der Waals surface area contributed by atoms with Gasteiger partial charge in [0.05, 0.1) is 24.3 Å². The maximum atomic E-state index is 12.1. The first kappa shape index (κ1) is 12.7. The quantitative estimate of drug-likeness (QED) is 0.760. The average Bonchev–Trinajstić information content (AvgIpc) is 2.98. The number of amides is 1. The molecule has 0 spiro atoms. The van der Waals surface area contributed by atoms with Gasteiger partial charge < -0.3 is 15.4 Å². The zero-order valence-electron chi connectivity index (χ0n) is 11.7. The van der Waals surface area contributed by atoms with Gasteiger partial charge in [0, 0.05) is 11.7 Å². The van der Waals surface area contributed by atoms with E-state index >= 15 is 0 Å². The summed E-state index contributed by atoms with van der Waals surface area (Å²) in [5, 5.41) is 10.1. The molecule has 3 N–H and O–H groups in total. The predicted molar refractivity (Wildman–Crippen MR) is 79.4 cm³/mol. The lowest BCUT2D eigenvalue weighted by atomic mass is 9.77. The van der Waals surface area contributed by atoms with Gasteiger partial charge in [-0.05, 0) is 31.2 Å². The first-order valence-corrected chi connectivity index (χ1v) is 7.50. The molecule has 0 saturated carbocycles. The molecule has 0 bridgehead atoms. The molecule has 1 aromatic carbocycles. The minimum Gasteiger partial charge on any atom is -0.497 e. The van der Waals surface area contributed by atoms with Crippen LogP contribution >= 0.6 is 0 Å². The summed E-state index contributed by atoms with van der Waals surface area (Å²) in [6, 6.07) is 10.5. The van der Waals surface area contributed by atoms with E-state index in [1.54, 1.807) is 6.26 Å². The van der Waals surface area contributed by atoms with Crippen LogP contribution in [0.15, 0.2) is 42.7 Å². The number of hydrogen-bond donors (Lipinski definition) is 3. The molecule has 0 aromatic heterocycles. The second kappa shape index (κ2) is 5.07. The summed E-state index contributed by atoms with van der Waals surface area (Å²) in [7, 11) is 0. The summed E-state index contributed by atoms with van der Waals surface area (Å²) in [6.45, 7) is 0.886. The molecule has 2 fully saturated rings. The van der Waals surface area contributed by atoms with Crippen molar-refractivity contribution in [2.75, 3.05) is 11.9 Å². The minimum atomic E-state index is -0.161. The Balaban J connectivity index is 1.58. The van der Waals surface area contributed by atoms with E-state index in [2.05, 4.69) is 28.1 Å². The van der Waals surface area contributed by atoms with Gasteiger partial charge in [-0.3, -0.25) is 10.1 Å². The molecule has 110 valence electrons. The Bertz CT molecular complexity index is 560. The number of benzene rings is 1. The number of carbonyl (C=O) groups excluding carboxylic acids is 1. The smallest absolute Gasteiger partial charge is 0.232 e. The van der Waals surface area contributed by atoms with Crippen molar-refractivity contribution in [2.45, 2.75) is 24.7 Å². The number of anilines is 1. The van der Waals surface area contributed by atoms with Crippen LogP contribution in [0.5, 0.6) is 0 Å². The number of para-hydroxylation sites is 1. The van der Waals surface area contributed by atoms with Crippen LogP contribution in [-0.4, -0.2) is 30.8 Å². The fourth-order valence-electron chi connectivity index (χ4n) is 3.67. The van der Waals surface area contributed by atoms with Gasteiger partial charge in [-0.15, -0.1) is 0 Å². The van der Waals surface area contributed by atoms with Crippen molar-refractivity contribution in [3.8, 4) is 0 Å². The van der Waals surface area contributed by atoms with Crippen molar-refractivity contribution >= 4 is 11.6 Å². The Hall–Kier alpha value is -2.01. The third-order valence-electron chi connectivity index (χ3n) is 4.65. The fourth-order valence-corrected chi connectivity index (χ4v) is 3.67. The van der Waals surface area contributed by atoms with Crippen LogP contribution in [0.25, 0.3) is 0 Å². The minimum absolute atomic E-state index is 0.0198. The molecule has 0 radical (unpaired) electrons. The number of hydrogen-bond acceptors (Lipinski definition) is 4. The molecule has 5 unspecified atom stereocenters. The second-order valence-electron chi connectivity index (χ2n) is 5.88. The van der Waals surface area contributed by atoms with Gasteiger partial charge in [0.25, 0.3) is 0 Å². The molecule has 5 heteroatoms. The Labute approximate surface area is 123 Å². The Kier molecular flexibility index (Phi) is 3.07. The van der Waals surface area contributed by atoms with Crippen molar-refractivity contribution in [3.05, 3.63) is 42.7 Å². The van der Waals surface area contributed by atoms with E-state index in [0.717, 1.165) is 18.7 Å². The van der Waals surface area contributed by atoms with Crippen LogP contribution in [0.3, 0.4) is 0 Å². The highest BCUT2D eigenvalue weighted by Gasteiger charge is 2.50. The van der Waals surface area contributed by atoms with E-state index in [4.69, 9.17) is 4.74 Å². The standard InChI is InChI=1S/C16H19N3O2/c20-16-11-7-9-21-14(11)13-12(6-8-17-15(13)19-16)18-10-4-2-1-3-5-10/h1-5,7,9,11-15,17-18H,6,8H2,(H,19,20). The van der Waals surface area contributed by atoms with E-state index in [-0.39, 0.29) is 36.1 Å². The third kappa shape index (κ3) is 2.17. The summed E-state index contributed by atoms with van der Waals surface area (Å²) in [6.07, 6.45) is 4.46. The van der Waals surface area contributed by atoms with Gasteiger partial charge in [0.1, 0.15) is 6.10 Å². The number of carbonyl (C=O) groups is 1. The molecule has 3 heterocycles. The molecule has 4 rings (SSSR count). The summed E-state index contributed by atoms with van der Waals surface area (Å²) in [5.41, 5.74) is 1.11. The fraction of sp³-hybridized carbons (Fsp3) is 0.438. The van der Waals surface area contributed by atoms with Gasteiger partial charge in [-0.1, -0.05) is 18.2 Å². The first-order valence-electron chi connectivity index (χ1n) is 7.50. The predicted octanol–water partition coefficient (Wildman–Crippen LogP) is 1.06. The molecular weight excluding hydrogens is 266 g/mol. The number of fused-ring (bicyclic) bond motifs is 3. The van der Waals surface area contributed by atoms with Gasteiger partial charge in [0.15, 0.2) is 0 Å². The molecule has 21 heavy (non-hydrogen) atoms. The second-order valence-corrected chi connectivity index (χ2v) is 5.88. The third-order valence-corrected chi connectivity index (χ3v) is 4.65. The Morgan fingerprint density at radius 1 is 1.24 bits per heavy atom. The molecular formula is C16H19N3O2. The largest absolute Gasteiger partial charge is 0.497 e. The number of nitrogens with one attached hydrogen (secondary N) is 3. The number of ether oxygens (including phenoxy) is 1. The molecule has 3 aliphatic rings.